The van der Waals surface area contributed by atoms with Crippen LogP contribution in [0.25, 0.3) is 0 Å². The van der Waals surface area contributed by atoms with Crippen LogP contribution in [0.2, 0.25) is 0 Å². The van der Waals surface area contributed by atoms with Crippen molar-refractivity contribution in [3.05, 3.63) is 35.9 Å². The number of hydrogen-bond donors (Lipinski definition) is 2. The Morgan fingerprint density at radius 2 is 2.05 bits per heavy atom. The molecular weight excluding hydrogens is 244 g/mol. The Morgan fingerprint density at radius 3 is 2.74 bits per heavy atom. The molecule has 0 radical (unpaired) electrons. The van der Waals surface area contributed by atoms with Gasteiger partial charge in [0.25, 0.3) is 0 Å². The summed E-state index contributed by atoms with van der Waals surface area (Å²) in [4.78, 5) is 24.3. The Morgan fingerprint density at radius 1 is 1.32 bits per heavy atom. The summed E-state index contributed by atoms with van der Waals surface area (Å²) in [5, 5.41) is 11.8. The predicted octanol–water partition coefficient (Wildman–Crippen LogP) is 1.49. The fourth-order valence-corrected chi connectivity index (χ4v) is 2.33. The highest BCUT2D eigenvalue weighted by molar-refractivity contribution is 5.83. The first kappa shape index (κ1) is 13.4. The van der Waals surface area contributed by atoms with Gasteiger partial charge in [-0.05, 0) is 24.8 Å². The van der Waals surface area contributed by atoms with Crippen LogP contribution in [0.4, 0.5) is 4.79 Å². The lowest BCUT2D eigenvalue weighted by Crippen LogP contribution is -2.46. The van der Waals surface area contributed by atoms with E-state index in [1.54, 1.807) is 0 Å². The van der Waals surface area contributed by atoms with Crippen LogP contribution in [0.3, 0.4) is 0 Å². The summed E-state index contributed by atoms with van der Waals surface area (Å²) in [6, 6.07) is 8.92. The van der Waals surface area contributed by atoms with Crippen LogP contribution in [0.1, 0.15) is 18.4 Å². The number of amides is 2. The number of carboxylic acid groups (broad SMARTS) is 1. The van der Waals surface area contributed by atoms with Gasteiger partial charge in [0, 0.05) is 13.1 Å². The van der Waals surface area contributed by atoms with E-state index in [4.69, 9.17) is 5.11 Å². The number of nitrogens with zero attached hydrogens (tertiary/aromatic N) is 1. The van der Waals surface area contributed by atoms with Crippen molar-refractivity contribution in [2.24, 2.45) is 0 Å². The van der Waals surface area contributed by atoms with Gasteiger partial charge in [0.1, 0.15) is 6.04 Å². The highest BCUT2D eigenvalue weighted by Gasteiger charge is 2.33. The maximum atomic E-state index is 11.9. The van der Waals surface area contributed by atoms with Gasteiger partial charge in [-0.1, -0.05) is 30.3 Å². The largest absolute Gasteiger partial charge is 0.480 e. The van der Waals surface area contributed by atoms with Crippen molar-refractivity contribution in [3.8, 4) is 0 Å². The smallest absolute Gasteiger partial charge is 0.326 e. The molecule has 0 spiro atoms. The number of urea groups is 1. The average Bonchev–Trinajstić information content (AvgIpc) is 2.89. The molecule has 0 aromatic heterocycles. The lowest BCUT2D eigenvalue weighted by molar-refractivity contribution is -0.141. The minimum atomic E-state index is -0.921. The number of carboxylic acids is 1. The van der Waals surface area contributed by atoms with Gasteiger partial charge in [-0.2, -0.15) is 0 Å². The maximum Gasteiger partial charge on any atom is 0.326 e. The summed E-state index contributed by atoms with van der Waals surface area (Å²) in [6.07, 6.45) is 2.04. The Hall–Kier alpha value is -2.04. The van der Waals surface area contributed by atoms with Gasteiger partial charge in [-0.3, -0.25) is 0 Å². The minimum absolute atomic E-state index is 0.277. The lowest BCUT2D eigenvalue weighted by atomic mass is 10.1. The number of rotatable bonds is 4. The predicted molar refractivity (Wildman–Crippen MR) is 70.9 cm³/mol. The van der Waals surface area contributed by atoms with E-state index in [-0.39, 0.29) is 6.03 Å². The molecule has 5 nitrogen and oxygen atoms in total. The van der Waals surface area contributed by atoms with Crippen LogP contribution in [0.5, 0.6) is 0 Å². The van der Waals surface area contributed by atoms with Gasteiger partial charge in [-0.25, -0.2) is 9.59 Å². The summed E-state index contributed by atoms with van der Waals surface area (Å²) in [5.74, 6) is -0.921. The molecule has 1 unspecified atom stereocenters. The fourth-order valence-electron chi connectivity index (χ4n) is 2.33. The Kier molecular flexibility index (Phi) is 4.39. The molecule has 2 N–H and O–H groups in total. The molecule has 102 valence electrons. The number of hydrogen-bond acceptors (Lipinski definition) is 2. The third-order valence-corrected chi connectivity index (χ3v) is 3.33. The van der Waals surface area contributed by atoms with E-state index < -0.39 is 12.0 Å². The molecule has 5 heteroatoms. The van der Waals surface area contributed by atoms with Gasteiger partial charge in [0.15, 0.2) is 0 Å². The first-order valence-corrected chi connectivity index (χ1v) is 6.49. The Labute approximate surface area is 112 Å². The van der Waals surface area contributed by atoms with E-state index in [1.807, 2.05) is 30.3 Å². The summed E-state index contributed by atoms with van der Waals surface area (Å²) >= 11 is 0. The molecule has 1 saturated heterocycles. The molecule has 1 aliphatic rings. The topological polar surface area (TPSA) is 69.6 Å². The molecule has 1 atom stereocenters. The molecule has 2 amide bonds. The zero-order valence-electron chi connectivity index (χ0n) is 10.7. The monoisotopic (exact) mass is 262 g/mol. The van der Waals surface area contributed by atoms with Crippen molar-refractivity contribution in [3.63, 3.8) is 0 Å². The molecule has 1 fully saturated rings. The zero-order valence-corrected chi connectivity index (χ0v) is 10.7. The quantitative estimate of drug-likeness (QED) is 0.863. The highest BCUT2D eigenvalue weighted by atomic mass is 16.4. The Balaban J connectivity index is 1.80. The number of carbonyl (C=O) groups excluding carboxylic acids is 1. The number of nitrogens with one attached hydrogen (secondary N) is 1. The van der Waals surface area contributed by atoms with Crippen molar-refractivity contribution in [1.82, 2.24) is 10.2 Å². The molecule has 2 rings (SSSR count). The third kappa shape index (κ3) is 3.47. The molecule has 1 aromatic carbocycles. The van der Waals surface area contributed by atoms with Gasteiger partial charge < -0.3 is 15.3 Å². The number of carbonyl (C=O) groups is 2. The van der Waals surface area contributed by atoms with Crippen molar-refractivity contribution < 1.29 is 14.7 Å². The van der Waals surface area contributed by atoms with E-state index in [2.05, 4.69) is 5.32 Å². The first-order chi connectivity index (χ1) is 9.18. The molecule has 19 heavy (non-hydrogen) atoms. The highest BCUT2D eigenvalue weighted by Crippen LogP contribution is 2.17. The maximum absolute atomic E-state index is 11.9. The second-order valence-corrected chi connectivity index (χ2v) is 4.66. The van der Waals surface area contributed by atoms with Crippen molar-refractivity contribution >= 4 is 12.0 Å². The normalized spacial score (nSPS) is 18.3. The van der Waals surface area contributed by atoms with Gasteiger partial charge >= 0.3 is 12.0 Å². The fraction of sp³-hybridized carbons (Fsp3) is 0.429. The summed E-state index contributed by atoms with van der Waals surface area (Å²) in [6.45, 7) is 1.04. The molecule has 0 bridgehead atoms. The summed E-state index contributed by atoms with van der Waals surface area (Å²) in [7, 11) is 0. The molecule has 1 aliphatic heterocycles. The third-order valence-electron chi connectivity index (χ3n) is 3.33. The van der Waals surface area contributed by atoms with Crippen LogP contribution in [-0.2, 0) is 11.2 Å². The standard InChI is InChI=1S/C14H18N2O3/c17-13(18)12-7-4-10-16(12)14(19)15-9-8-11-5-2-1-3-6-11/h1-3,5-6,12H,4,7-10H2,(H,15,19)(H,17,18). The van der Waals surface area contributed by atoms with Crippen LogP contribution in [-0.4, -0.2) is 41.1 Å². The number of benzene rings is 1. The lowest BCUT2D eigenvalue weighted by Gasteiger charge is -2.21. The SMILES string of the molecule is O=C(O)C1CCCN1C(=O)NCCc1ccccc1. The average molecular weight is 262 g/mol. The van der Waals surface area contributed by atoms with E-state index in [0.717, 1.165) is 18.4 Å². The van der Waals surface area contributed by atoms with Crippen molar-refractivity contribution in [2.45, 2.75) is 25.3 Å². The number of likely N-dealkylation sites (tertiary alicyclic amines) is 1. The zero-order chi connectivity index (χ0) is 13.7. The van der Waals surface area contributed by atoms with E-state index >= 15 is 0 Å². The van der Waals surface area contributed by atoms with E-state index in [0.29, 0.717) is 19.5 Å². The van der Waals surface area contributed by atoms with E-state index in [1.165, 1.54) is 4.90 Å². The summed E-state index contributed by atoms with van der Waals surface area (Å²) in [5.41, 5.74) is 1.15. The van der Waals surface area contributed by atoms with E-state index in [9.17, 15) is 9.59 Å². The minimum Gasteiger partial charge on any atom is -0.480 e. The number of aliphatic carboxylic acids is 1. The van der Waals surface area contributed by atoms with Crippen LogP contribution in [0.15, 0.2) is 30.3 Å². The van der Waals surface area contributed by atoms with Crippen molar-refractivity contribution in [2.75, 3.05) is 13.1 Å². The second-order valence-electron chi connectivity index (χ2n) is 4.66. The van der Waals surface area contributed by atoms with Crippen LogP contribution >= 0.6 is 0 Å². The molecule has 1 heterocycles. The Bertz CT molecular complexity index is 447. The first-order valence-electron chi connectivity index (χ1n) is 6.49. The molecular formula is C14H18N2O3. The van der Waals surface area contributed by atoms with Crippen LogP contribution in [0, 0.1) is 0 Å². The second kappa shape index (κ2) is 6.22. The molecule has 1 aromatic rings. The summed E-state index contributed by atoms with van der Waals surface area (Å²) < 4.78 is 0. The van der Waals surface area contributed by atoms with Gasteiger partial charge in [-0.15, -0.1) is 0 Å². The van der Waals surface area contributed by atoms with Crippen molar-refractivity contribution in [1.29, 1.82) is 0 Å². The molecule has 0 aliphatic carbocycles. The van der Waals surface area contributed by atoms with Gasteiger partial charge in [0.05, 0.1) is 0 Å². The van der Waals surface area contributed by atoms with Crippen LogP contribution < -0.4 is 5.32 Å². The molecule has 0 saturated carbocycles. The van der Waals surface area contributed by atoms with Gasteiger partial charge in [0.2, 0.25) is 0 Å².